The number of thiazole rings is 1. The molecule has 3 aromatic rings. The lowest BCUT2D eigenvalue weighted by Gasteiger charge is -2.21. The predicted octanol–water partition coefficient (Wildman–Crippen LogP) is 2.91. The minimum atomic E-state index is 0.138. The summed E-state index contributed by atoms with van der Waals surface area (Å²) in [6.07, 6.45) is 5.81. The molecule has 0 atom stereocenters. The van der Waals surface area contributed by atoms with Gasteiger partial charge in [0.15, 0.2) is 5.13 Å². The number of hydrogen-bond donors (Lipinski definition) is 2. The van der Waals surface area contributed by atoms with Crippen LogP contribution in [0.1, 0.15) is 18.7 Å². The van der Waals surface area contributed by atoms with Crippen molar-refractivity contribution in [2.45, 2.75) is 19.3 Å². The fraction of sp³-hybridized carbons (Fsp3) is 0.368. The molecule has 1 aliphatic heterocycles. The van der Waals surface area contributed by atoms with Crippen molar-refractivity contribution in [3.63, 3.8) is 0 Å². The van der Waals surface area contributed by atoms with Gasteiger partial charge in [-0.25, -0.2) is 15.0 Å². The summed E-state index contributed by atoms with van der Waals surface area (Å²) in [5, 5.41) is 8.21. The lowest BCUT2D eigenvalue weighted by atomic mass is 9.92. The van der Waals surface area contributed by atoms with Gasteiger partial charge in [0.2, 0.25) is 0 Å². The third kappa shape index (κ3) is 3.59. The lowest BCUT2D eigenvalue weighted by Crippen LogP contribution is -2.32. The van der Waals surface area contributed by atoms with Gasteiger partial charge in [-0.05, 0) is 37.6 Å². The first-order chi connectivity index (χ1) is 12.7. The fourth-order valence-corrected chi connectivity index (χ4v) is 4.03. The Morgan fingerprint density at radius 3 is 2.88 bits per heavy atom. The summed E-state index contributed by atoms with van der Waals surface area (Å²) < 4.78 is 0. The highest BCUT2D eigenvalue weighted by Crippen LogP contribution is 2.30. The molecule has 0 spiro atoms. The van der Waals surface area contributed by atoms with Crippen LogP contribution >= 0.6 is 11.3 Å². The number of aromatic nitrogens is 3. The number of carbonyl (C=O) groups is 1. The van der Waals surface area contributed by atoms with Crippen molar-refractivity contribution in [1.29, 1.82) is 0 Å². The molecule has 0 amide bonds. The van der Waals surface area contributed by atoms with Gasteiger partial charge < -0.3 is 10.6 Å². The number of ketones is 1. The molecule has 1 saturated heterocycles. The number of carbonyl (C=O) groups excluding carboxylic acids is 1. The maximum absolute atomic E-state index is 12.5. The van der Waals surface area contributed by atoms with Crippen molar-refractivity contribution in [2.75, 3.05) is 25.5 Å². The molecule has 0 aliphatic carbocycles. The van der Waals surface area contributed by atoms with Gasteiger partial charge >= 0.3 is 0 Å². The van der Waals surface area contributed by atoms with E-state index in [9.17, 15) is 4.79 Å². The highest BCUT2D eigenvalue weighted by molar-refractivity contribution is 7.18. The van der Waals surface area contributed by atoms with E-state index >= 15 is 0 Å². The maximum Gasteiger partial charge on any atom is 0.182 e. The molecule has 3 heterocycles. The Kier molecular flexibility index (Phi) is 4.90. The molecule has 0 radical (unpaired) electrons. The Labute approximate surface area is 156 Å². The molecule has 26 heavy (non-hydrogen) atoms. The van der Waals surface area contributed by atoms with E-state index in [1.54, 1.807) is 11.3 Å². The summed E-state index contributed by atoms with van der Waals surface area (Å²) >= 11 is 1.60. The summed E-state index contributed by atoms with van der Waals surface area (Å²) in [5.74, 6) is 1.00. The van der Waals surface area contributed by atoms with Gasteiger partial charge in [0.05, 0.1) is 16.8 Å². The lowest BCUT2D eigenvalue weighted by molar-refractivity contribution is -0.123. The highest BCUT2D eigenvalue weighted by atomic mass is 32.1. The van der Waals surface area contributed by atoms with Crippen molar-refractivity contribution in [1.82, 2.24) is 20.3 Å². The van der Waals surface area contributed by atoms with Gasteiger partial charge in [0, 0.05) is 30.7 Å². The van der Waals surface area contributed by atoms with Crippen molar-refractivity contribution in [3.05, 3.63) is 36.4 Å². The Morgan fingerprint density at radius 1 is 1.27 bits per heavy atom. The molecule has 1 fully saturated rings. The largest absolute Gasteiger partial charge is 0.365 e. The Bertz CT molecular complexity index is 933. The zero-order valence-electron chi connectivity index (χ0n) is 14.7. The van der Waals surface area contributed by atoms with Crippen LogP contribution in [-0.4, -0.2) is 40.9 Å². The number of piperidine rings is 1. The van der Waals surface area contributed by atoms with Gasteiger partial charge in [-0.2, -0.15) is 0 Å². The van der Waals surface area contributed by atoms with Gasteiger partial charge in [-0.15, -0.1) is 0 Å². The van der Waals surface area contributed by atoms with Gasteiger partial charge in [-0.1, -0.05) is 23.5 Å². The minimum absolute atomic E-state index is 0.138. The van der Waals surface area contributed by atoms with E-state index < -0.39 is 0 Å². The molecule has 0 saturated carbocycles. The van der Waals surface area contributed by atoms with E-state index in [1.165, 1.54) is 0 Å². The molecule has 134 valence electrons. The Balaban J connectivity index is 1.58. The zero-order chi connectivity index (χ0) is 17.9. The van der Waals surface area contributed by atoms with Crippen LogP contribution in [0.3, 0.4) is 0 Å². The maximum atomic E-state index is 12.5. The SMILES string of the molecule is CNc1ncc(-c2ccc3cnc(CC(=O)C4CCNCC4)nc3c2)s1. The number of nitrogens with one attached hydrogen (secondary N) is 2. The fourth-order valence-electron chi connectivity index (χ4n) is 3.27. The smallest absolute Gasteiger partial charge is 0.182 e. The molecule has 1 aromatic carbocycles. The van der Waals surface area contributed by atoms with Gasteiger partial charge in [-0.3, -0.25) is 4.79 Å². The summed E-state index contributed by atoms with van der Waals surface area (Å²) in [7, 11) is 1.86. The number of Topliss-reactive ketones (excluding diaryl/α,β-unsaturated/α-hetero) is 1. The number of fused-ring (bicyclic) bond motifs is 1. The van der Waals surface area contributed by atoms with Crippen LogP contribution in [0.4, 0.5) is 5.13 Å². The molecule has 1 aliphatic rings. The Morgan fingerprint density at radius 2 is 2.12 bits per heavy atom. The van der Waals surface area contributed by atoms with Crippen LogP contribution < -0.4 is 10.6 Å². The van der Waals surface area contributed by atoms with Crippen molar-refractivity contribution < 1.29 is 4.79 Å². The van der Waals surface area contributed by atoms with Crippen LogP contribution in [0.25, 0.3) is 21.3 Å². The minimum Gasteiger partial charge on any atom is -0.365 e. The normalized spacial score (nSPS) is 15.3. The van der Waals surface area contributed by atoms with E-state index in [4.69, 9.17) is 0 Å². The molecule has 0 unspecified atom stereocenters. The zero-order valence-corrected chi connectivity index (χ0v) is 15.5. The van der Waals surface area contributed by atoms with Crippen LogP contribution in [0.5, 0.6) is 0 Å². The topological polar surface area (TPSA) is 79.8 Å². The number of anilines is 1. The summed E-state index contributed by atoms with van der Waals surface area (Å²) in [5.41, 5.74) is 1.94. The second-order valence-electron chi connectivity index (χ2n) is 6.51. The molecular formula is C19H21N5OS. The van der Waals surface area contributed by atoms with E-state index in [0.717, 1.165) is 52.4 Å². The van der Waals surface area contributed by atoms with E-state index in [-0.39, 0.29) is 11.7 Å². The van der Waals surface area contributed by atoms with Gasteiger partial charge in [0.25, 0.3) is 0 Å². The van der Waals surface area contributed by atoms with Crippen molar-refractivity contribution >= 4 is 33.2 Å². The van der Waals surface area contributed by atoms with Crippen molar-refractivity contribution in [2.24, 2.45) is 5.92 Å². The summed E-state index contributed by atoms with van der Waals surface area (Å²) in [4.78, 5) is 27.0. The molecule has 2 aromatic heterocycles. The molecule has 4 rings (SSSR count). The van der Waals surface area contributed by atoms with Crippen molar-refractivity contribution in [3.8, 4) is 10.4 Å². The first-order valence-electron chi connectivity index (χ1n) is 8.86. The number of rotatable bonds is 5. The average Bonchev–Trinajstić information content (AvgIpc) is 3.17. The average molecular weight is 367 g/mol. The van der Waals surface area contributed by atoms with Crippen LogP contribution in [0.2, 0.25) is 0 Å². The van der Waals surface area contributed by atoms with E-state index in [0.29, 0.717) is 12.2 Å². The first kappa shape index (κ1) is 17.1. The summed E-state index contributed by atoms with van der Waals surface area (Å²) in [6, 6.07) is 6.11. The van der Waals surface area contributed by atoms with E-state index in [1.807, 2.05) is 31.6 Å². The number of hydrogen-bond acceptors (Lipinski definition) is 7. The predicted molar refractivity (Wildman–Crippen MR) is 104 cm³/mol. The van der Waals surface area contributed by atoms with Crippen LogP contribution in [0.15, 0.2) is 30.6 Å². The molecule has 0 bridgehead atoms. The highest BCUT2D eigenvalue weighted by Gasteiger charge is 2.21. The third-order valence-corrected chi connectivity index (χ3v) is 5.83. The molecule has 7 heteroatoms. The second-order valence-corrected chi connectivity index (χ2v) is 7.54. The Hall–Kier alpha value is -2.38. The molecule has 2 N–H and O–H groups in total. The first-order valence-corrected chi connectivity index (χ1v) is 9.67. The number of nitrogens with zero attached hydrogens (tertiary/aromatic N) is 3. The quantitative estimate of drug-likeness (QED) is 0.722. The van der Waals surface area contributed by atoms with E-state index in [2.05, 4.69) is 31.7 Å². The van der Waals surface area contributed by atoms with Crippen LogP contribution in [0, 0.1) is 5.92 Å². The monoisotopic (exact) mass is 367 g/mol. The standard InChI is InChI=1S/C19H21N5OS/c1-20-19-23-11-17(26-19)13-2-3-14-10-22-18(24-15(14)8-13)9-16(25)12-4-6-21-7-5-12/h2-3,8,10-12,21H,4-7,9H2,1H3,(H,20,23). The van der Waals surface area contributed by atoms with Crippen LogP contribution in [-0.2, 0) is 11.2 Å². The van der Waals surface area contributed by atoms with Gasteiger partial charge in [0.1, 0.15) is 11.6 Å². The second kappa shape index (κ2) is 7.47. The number of benzene rings is 1. The third-order valence-electron chi connectivity index (χ3n) is 4.76. The summed E-state index contributed by atoms with van der Waals surface area (Å²) in [6.45, 7) is 1.84. The molecule has 6 nitrogen and oxygen atoms in total. The molecular weight excluding hydrogens is 346 g/mol.